The van der Waals surface area contributed by atoms with Gasteiger partial charge in [-0.15, -0.1) is 0 Å². The number of ether oxygens (including phenoxy) is 1. The zero-order chi connectivity index (χ0) is 13.8. The maximum Gasteiger partial charge on any atom is 0.401 e. The molecule has 1 unspecified atom stereocenters. The van der Waals surface area contributed by atoms with Crippen LogP contribution >= 0.6 is 0 Å². The van der Waals surface area contributed by atoms with Crippen LogP contribution in [0.4, 0.5) is 13.2 Å². The van der Waals surface area contributed by atoms with Gasteiger partial charge in [-0.3, -0.25) is 14.6 Å². The lowest BCUT2D eigenvalue weighted by molar-refractivity contribution is -0.155. The van der Waals surface area contributed by atoms with E-state index in [9.17, 15) is 18.0 Å². The Bertz CT molecular complexity index is 278. The van der Waals surface area contributed by atoms with E-state index in [1.165, 1.54) is 12.0 Å². The van der Waals surface area contributed by atoms with Crippen molar-refractivity contribution >= 4 is 5.97 Å². The number of carbonyl (C=O) groups is 1. The van der Waals surface area contributed by atoms with Crippen LogP contribution in [0.3, 0.4) is 0 Å². The second-order valence-corrected chi connectivity index (χ2v) is 4.24. The molecule has 0 spiro atoms. The number of nitrogens with zero attached hydrogens (tertiary/aromatic N) is 2. The van der Waals surface area contributed by atoms with Crippen LogP contribution in [0.5, 0.6) is 0 Å². The minimum Gasteiger partial charge on any atom is -0.480 e. The van der Waals surface area contributed by atoms with Gasteiger partial charge in [0.1, 0.15) is 6.04 Å². The minimum atomic E-state index is -4.21. The van der Waals surface area contributed by atoms with Crippen molar-refractivity contribution in [1.82, 2.24) is 9.80 Å². The van der Waals surface area contributed by atoms with Crippen LogP contribution in [0.15, 0.2) is 0 Å². The lowest BCUT2D eigenvalue weighted by Crippen LogP contribution is -2.55. The molecule has 1 N–H and O–H groups in total. The second kappa shape index (κ2) is 6.35. The van der Waals surface area contributed by atoms with Crippen LogP contribution in [-0.4, -0.2) is 79.5 Å². The molecule has 106 valence electrons. The summed E-state index contributed by atoms with van der Waals surface area (Å²) >= 11 is 0. The smallest absolute Gasteiger partial charge is 0.401 e. The van der Waals surface area contributed by atoms with Crippen LogP contribution in [0, 0.1) is 0 Å². The quantitative estimate of drug-likeness (QED) is 0.777. The summed E-state index contributed by atoms with van der Waals surface area (Å²) < 4.78 is 41.3. The van der Waals surface area contributed by atoms with E-state index >= 15 is 0 Å². The number of carboxylic acid groups (broad SMARTS) is 1. The molecule has 1 aliphatic heterocycles. The molecule has 1 heterocycles. The molecule has 1 atom stereocenters. The minimum absolute atomic E-state index is 0.0363. The Kier molecular flexibility index (Phi) is 5.36. The van der Waals surface area contributed by atoms with E-state index in [4.69, 9.17) is 9.84 Å². The van der Waals surface area contributed by atoms with Gasteiger partial charge >= 0.3 is 12.1 Å². The number of piperazine rings is 1. The molecular formula is C10H17F3N2O3. The molecule has 0 aromatic heterocycles. The molecule has 8 heteroatoms. The Hall–Kier alpha value is -0.860. The highest BCUT2D eigenvalue weighted by Crippen LogP contribution is 2.18. The van der Waals surface area contributed by atoms with Gasteiger partial charge in [-0.05, 0) is 0 Å². The fourth-order valence-electron chi connectivity index (χ4n) is 1.98. The van der Waals surface area contributed by atoms with E-state index < -0.39 is 24.7 Å². The van der Waals surface area contributed by atoms with E-state index in [0.29, 0.717) is 13.1 Å². The maximum absolute atomic E-state index is 12.2. The van der Waals surface area contributed by atoms with Crippen molar-refractivity contribution in [2.75, 3.05) is 46.4 Å². The first-order valence-corrected chi connectivity index (χ1v) is 5.58. The van der Waals surface area contributed by atoms with Gasteiger partial charge in [0.2, 0.25) is 0 Å². The molecule has 0 aliphatic carbocycles. The van der Waals surface area contributed by atoms with Crippen molar-refractivity contribution in [1.29, 1.82) is 0 Å². The van der Waals surface area contributed by atoms with Crippen LogP contribution in [0.1, 0.15) is 0 Å². The summed E-state index contributed by atoms with van der Waals surface area (Å²) in [6.07, 6.45) is -4.21. The Morgan fingerprint density at radius 1 is 1.33 bits per heavy atom. The third-order valence-corrected chi connectivity index (χ3v) is 2.86. The number of methoxy groups -OCH3 is 1. The molecule has 1 aliphatic rings. The molecule has 0 amide bonds. The Morgan fingerprint density at radius 2 is 1.89 bits per heavy atom. The third kappa shape index (κ3) is 4.79. The number of hydrogen-bond donors (Lipinski definition) is 1. The summed E-state index contributed by atoms with van der Waals surface area (Å²) in [5, 5.41) is 8.99. The third-order valence-electron chi connectivity index (χ3n) is 2.86. The van der Waals surface area contributed by atoms with E-state index in [1.807, 2.05) is 0 Å². The van der Waals surface area contributed by atoms with Gasteiger partial charge < -0.3 is 9.84 Å². The van der Waals surface area contributed by atoms with Gasteiger partial charge in [0, 0.05) is 33.3 Å². The van der Waals surface area contributed by atoms with Crippen LogP contribution in [0.2, 0.25) is 0 Å². The van der Waals surface area contributed by atoms with E-state index in [1.54, 1.807) is 4.90 Å². The normalized spacial score (nSPS) is 20.9. The van der Waals surface area contributed by atoms with E-state index in [2.05, 4.69) is 0 Å². The lowest BCUT2D eigenvalue weighted by atomic mass is 10.2. The summed E-state index contributed by atoms with van der Waals surface area (Å²) in [5.41, 5.74) is 0. The molecule has 1 fully saturated rings. The van der Waals surface area contributed by atoms with Crippen LogP contribution in [0.25, 0.3) is 0 Å². The van der Waals surface area contributed by atoms with Gasteiger partial charge in [-0.1, -0.05) is 0 Å². The van der Waals surface area contributed by atoms with Gasteiger partial charge in [0.15, 0.2) is 0 Å². The van der Waals surface area contributed by atoms with Gasteiger partial charge in [-0.25, -0.2) is 0 Å². The average molecular weight is 270 g/mol. The molecule has 0 bridgehead atoms. The van der Waals surface area contributed by atoms with E-state index in [0.717, 1.165) is 0 Å². The Balaban J connectivity index is 2.44. The lowest BCUT2D eigenvalue weighted by Gasteiger charge is -2.37. The second-order valence-electron chi connectivity index (χ2n) is 4.24. The zero-order valence-corrected chi connectivity index (χ0v) is 10.1. The predicted molar refractivity (Wildman–Crippen MR) is 57.4 cm³/mol. The predicted octanol–water partition coefficient (Wildman–Crippen LogP) is 0.266. The highest BCUT2D eigenvalue weighted by molar-refractivity contribution is 5.73. The van der Waals surface area contributed by atoms with Crippen molar-refractivity contribution in [2.45, 2.75) is 12.2 Å². The summed E-state index contributed by atoms with van der Waals surface area (Å²) in [4.78, 5) is 13.9. The molecule has 0 aromatic carbocycles. The number of rotatable bonds is 5. The van der Waals surface area contributed by atoms with Crippen LogP contribution in [-0.2, 0) is 9.53 Å². The number of alkyl halides is 3. The van der Waals surface area contributed by atoms with Crippen molar-refractivity contribution in [3.8, 4) is 0 Å². The SMILES string of the molecule is COCC(C(=O)O)N1CCN(CC(F)(F)F)CC1. The molecule has 1 rings (SSSR count). The summed E-state index contributed by atoms with van der Waals surface area (Å²) in [7, 11) is 1.40. The number of aliphatic carboxylic acids is 1. The summed E-state index contributed by atoms with van der Waals surface area (Å²) in [6, 6.07) is -0.789. The van der Waals surface area contributed by atoms with Gasteiger partial charge in [0.05, 0.1) is 13.2 Å². The largest absolute Gasteiger partial charge is 0.480 e. The molecule has 0 radical (unpaired) electrons. The first-order valence-electron chi connectivity index (χ1n) is 5.58. The Labute approximate surface area is 103 Å². The molecule has 0 saturated carbocycles. The highest BCUT2D eigenvalue weighted by atomic mass is 19.4. The highest BCUT2D eigenvalue weighted by Gasteiger charge is 2.34. The molecule has 18 heavy (non-hydrogen) atoms. The standard InChI is InChI=1S/C10H17F3N2O3/c1-18-6-8(9(16)17)15-4-2-14(3-5-15)7-10(11,12)13/h8H,2-7H2,1H3,(H,16,17). The fourth-order valence-corrected chi connectivity index (χ4v) is 1.98. The van der Waals surface area contributed by atoms with Crippen LogP contribution < -0.4 is 0 Å². The van der Waals surface area contributed by atoms with Gasteiger partial charge in [-0.2, -0.15) is 13.2 Å². The Morgan fingerprint density at radius 3 is 2.28 bits per heavy atom. The zero-order valence-electron chi connectivity index (χ0n) is 10.1. The number of carboxylic acids is 1. The summed E-state index contributed by atoms with van der Waals surface area (Å²) in [6.45, 7) is 0.129. The topological polar surface area (TPSA) is 53.0 Å². The van der Waals surface area contributed by atoms with Crippen molar-refractivity contribution in [2.24, 2.45) is 0 Å². The van der Waals surface area contributed by atoms with Gasteiger partial charge in [0.25, 0.3) is 0 Å². The molecule has 0 aromatic rings. The average Bonchev–Trinajstić information content (AvgIpc) is 2.25. The summed E-state index contributed by atoms with van der Waals surface area (Å²) in [5.74, 6) is -1.01. The number of halogens is 3. The molecule has 5 nitrogen and oxygen atoms in total. The monoisotopic (exact) mass is 270 g/mol. The fraction of sp³-hybridized carbons (Fsp3) is 0.900. The van der Waals surface area contributed by atoms with Crippen molar-refractivity contribution < 1.29 is 27.8 Å². The first-order chi connectivity index (χ1) is 8.33. The molecule has 1 saturated heterocycles. The maximum atomic E-state index is 12.2. The first kappa shape index (κ1) is 15.2. The molecular weight excluding hydrogens is 253 g/mol. The van der Waals surface area contributed by atoms with E-state index in [-0.39, 0.29) is 19.7 Å². The van der Waals surface area contributed by atoms with Crippen molar-refractivity contribution in [3.05, 3.63) is 0 Å². The number of hydrogen-bond acceptors (Lipinski definition) is 4. The van der Waals surface area contributed by atoms with Crippen molar-refractivity contribution in [3.63, 3.8) is 0 Å².